The Balaban J connectivity index is 2.23. The standard InChI is InChI=1S/C11H21N3S/c1-10(5-4-6-12-2)14(3)7-11-8-15-9-13-11/h8-10,12H,4-7H2,1-3H3. The Bertz CT molecular complexity index is 248. The Morgan fingerprint density at radius 3 is 3.00 bits per heavy atom. The Morgan fingerprint density at radius 2 is 2.40 bits per heavy atom. The van der Waals surface area contributed by atoms with E-state index in [1.807, 2.05) is 12.6 Å². The van der Waals surface area contributed by atoms with Crippen LogP contribution in [-0.4, -0.2) is 36.6 Å². The molecule has 86 valence electrons. The predicted octanol–water partition coefficient (Wildman–Crippen LogP) is 1.96. The normalized spacial score (nSPS) is 13.3. The van der Waals surface area contributed by atoms with Gasteiger partial charge in [0.1, 0.15) is 0 Å². The first kappa shape index (κ1) is 12.6. The van der Waals surface area contributed by atoms with Crippen molar-refractivity contribution in [1.29, 1.82) is 0 Å². The second-order valence-corrected chi connectivity index (χ2v) is 4.71. The first-order valence-electron chi connectivity index (χ1n) is 5.46. The van der Waals surface area contributed by atoms with Gasteiger partial charge in [0.15, 0.2) is 0 Å². The molecule has 0 amide bonds. The molecule has 0 aromatic carbocycles. The summed E-state index contributed by atoms with van der Waals surface area (Å²) >= 11 is 1.67. The lowest BCUT2D eigenvalue weighted by Gasteiger charge is -2.23. The zero-order chi connectivity index (χ0) is 11.1. The maximum Gasteiger partial charge on any atom is 0.0795 e. The maximum absolute atomic E-state index is 4.30. The van der Waals surface area contributed by atoms with Gasteiger partial charge in [0, 0.05) is 18.0 Å². The average Bonchev–Trinajstić information content (AvgIpc) is 2.70. The Morgan fingerprint density at radius 1 is 1.60 bits per heavy atom. The summed E-state index contributed by atoms with van der Waals surface area (Å²) in [5.41, 5.74) is 3.08. The number of thiazole rings is 1. The van der Waals surface area contributed by atoms with E-state index >= 15 is 0 Å². The fraction of sp³-hybridized carbons (Fsp3) is 0.727. The van der Waals surface area contributed by atoms with Crippen LogP contribution in [0.3, 0.4) is 0 Å². The van der Waals surface area contributed by atoms with E-state index < -0.39 is 0 Å². The molecule has 0 bridgehead atoms. The molecule has 15 heavy (non-hydrogen) atoms. The summed E-state index contributed by atoms with van der Waals surface area (Å²) in [6.45, 7) is 4.35. The summed E-state index contributed by atoms with van der Waals surface area (Å²) in [7, 11) is 4.17. The quantitative estimate of drug-likeness (QED) is 0.722. The molecule has 0 saturated heterocycles. The van der Waals surface area contributed by atoms with E-state index in [4.69, 9.17) is 0 Å². The van der Waals surface area contributed by atoms with E-state index in [2.05, 4.69) is 34.6 Å². The smallest absolute Gasteiger partial charge is 0.0795 e. The van der Waals surface area contributed by atoms with Crippen LogP contribution in [0.1, 0.15) is 25.5 Å². The molecular weight excluding hydrogens is 206 g/mol. The number of nitrogens with one attached hydrogen (secondary N) is 1. The van der Waals surface area contributed by atoms with Crippen molar-refractivity contribution in [2.24, 2.45) is 0 Å². The van der Waals surface area contributed by atoms with Crippen LogP contribution in [0.4, 0.5) is 0 Å². The maximum atomic E-state index is 4.30. The van der Waals surface area contributed by atoms with Crippen LogP contribution >= 0.6 is 11.3 Å². The first-order valence-corrected chi connectivity index (χ1v) is 6.40. The fourth-order valence-electron chi connectivity index (χ4n) is 1.52. The van der Waals surface area contributed by atoms with Crippen LogP contribution in [0.25, 0.3) is 0 Å². The molecule has 0 fully saturated rings. The molecule has 0 spiro atoms. The van der Waals surface area contributed by atoms with Crippen molar-refractivity contribution in [2.45, 2.75) is 32.4 Å². The Kier molecular flexibility index (Phi) is 5.83. The highest BCUT2D eigenvalue weighted by Crippen LogP contribution is 2.09. The van der Waals surface area contributed by atoms with Crippen molar-refractivity contribution < 1.29 is 0 Å². The molecule has 1 heterocycles. The second-order valence-electron chi connectivity index (χ2n) is 3.99. The largest absolute Gasteiger partial charge is 0.320 e. The SMILES string of the molecule is CNCCCC(C)N(C)Cc1cscn1. The van der Waals surface area contributed by atoms with Crippen LogP contribution in [0.2, 0.25) is 0 Å². The summed E-state index contributed by atoms with van der Waals surface area (Å²) in [5.74, 6) is 0. The minimum atomic E-state index is 0.625. The summed E-state index contributed by atoms with van der Waals surface area (Å²) in [6, 6.07) is 0.625. The summed E-state index contributed by atoms with van der Waals surface area (Å²) in [5, 5.41) is 5.30. The summed E-state index contributed by atoms with van der Waals surface area (Å²) < 4.78 is 0. The van der Waals surface area contributed by atoms with Crippen molar-refractivity contribution in [3.05, 3.63) is 16.6 Å². The van der Waals surface area contributed by atoms with Gasteiger partial charge in [-0.3, -0.25) is 4.90 Å². The second kappa shape index (κ2) is 6.93. The molecule has 0 aliphatic carbocycles. The fourth-order valence-corrected chi connectivity index (χ4v) is 2.07. The van der Waals surface area contributed by atoms with Crippen molar-refractivity contribution >= 4 is 11.3 Å². The van der Waals surface area contributed by atoms with E-state index in [0.29, 0.717) is 6.04 Å². The van der Waals surface area contributed by atoms with Gasteiger partial charge in [-0.1, -0.05) is 0 Å². The van der Waals surface area contributed by atoms with Gasteiger partial charge < -0.3 is 5.32 Å². The summed E-state index contributed by atoms with van der Waals surface area (Å²) in [6.07, 6.45) is 2.47. The highest BCUT2D eigenvalue weighted by Gasteiger charge is 2.09. The Hall–Kier alpha value is -0.450. The van der Waals surface area contributed by atoms with Gasteiger partial charge in [-0.05, 0) is 40.4 Å². The predicted molar refractivity (Wildman–Crippen MR) is 66.2 cm³/mol. The molecule has 1 rings (SSSR count). The van der Waals surface area contributed by atoms with Gasteiger partial charge in [-0.15, -0.1) is 11.3 Å². The molecule has 1 aromatic heterocycles. The minimum Gasteiger partial charge on any atom is -0.320 e. The van der Waals surface area contributed by atoms with Crippen molar-refractivity contribution in [3.8, 4) is 0 Å². The van der Waals surface area contributed by atoms with Gasteiger partial charge >= 0.3 is 0 Å². The minimum absolute atomic E-state index is 0.625. The molecule has 1 unspecified atom stereocenters. The topological polar surface area (TPSA) is 28.2 Å². The zero-order valence-corrected chi connectivity index (χ0v) is 10.7. The zero-order valence-electron chi connectivity index (χ0n) is 9.86. The van der Waals surface area contributed by atoms with E-state index in [1.165, 1.54) is 18.5 Å². The van der Waals surface area contributed by atoms with Crippen LogP contribution < -0.4 is 5.32 Å². The third kappa shape index (κ3) is 4.73. The molecule has 0 radical (unpaired) electrons. The molecule has 4 heteroatoms. The number of hydrogen-bond acceptors (Lipinski definition) is 4. The average molecular weight is 227 g/mol. The van der Waals surface area contributed by atoms with Crippen LogP contribution in [0.15, 0.2) is 10.9 Å². The van der Waals surface area contributed by atoms with Crippen molar-refractivity contribution in [2.75, 3.05) is 20.6 Å². The molecule has 0 aliphatic rings. The van der Waals surface area contributed by atoms with Gasteiger partial charge in [-0.25, -0.2) is 4.98 Å². The van der Waals surface area contributed by atoms with Gasteiger partial charge in [0.05, 0.1) is 11.2 Å². The van der Waals surface area contributed by atoms with Crippen LogP contribution in [0.5, 0.6) is 0 Å². The van der Waals surface area contributed by atoms with E-state index in [9.17, 15) is 0 Å². The van der Waals surface area contributed by atoms with Crippen molar-refractivity contribution in [1.82, 2.24) is 15.2 Å². The molecular formula is C11H21N3S. The molecule has 1 N–H and O–H groups in total. The highest BCUT2D eigenvalue weighted by molar-refractivity contribution is 7.07. The summed E-state index contributed by atoms with van der Waals surface area (Å²) in [4.78, 5) is 6.67. The van der Waals surface area contributed by atoms with E-state index in [1.54, 1.807) is 11.3 Å². The van der Waals surface area contributed by atoms with E-state index in [-0.39, 0.29) is 0 Å². The number of rotatable bonds is 7. The number of aromatic nitrogens is 1. The van der Waals surface area contributed by atoms with Crippen molar-refractivity contribution in [3.63, 3.8) is 0 Å². The highest BCUT2D eigenvalue weighted by atomic mass is 32.1. The lowest BCUT2D eigenvalue weighted by Crippen LogP contribution is -2.29. The van der Waals surface area contributed by atoms with Gasteiger partial charge in [0.2, 0.25) is 0 Å². The number of hydrogen-bond donors (Lipinski definition) is 1. The molecule has 3 nitrogen and oxygen atoms in total. The molecule has 1 aromatic rings. The van der Waals surface area contributed by atoms with Gasteiger partial charge in [0.25, 0.3) is 0 Å². The lowest BCUT2D eigenvalue weighted by molar-refractivity contribution is 0.232. The molecule has 1 atom stereocenters. The van der Waals surface area contributed by atoms with Crippen LogP contribution in [0, 0.1) is 0 Å². The van der Waals surface area contributed by atoms with E-state index in [0.717, 1.165) is 13.1 Å². The Labute approximate surface area is 96.5 Å². The molecule has 0 aliphatic heterocycles. The monoisotopic (exact) mass is 227 g/mol. The third-order valence-electron chi connectivity index (χ3n) is 2.70. The van der Waals surface area contributed by atoms with Crippen LogP contribution in [-0.2, 0) is 6.54 Å². The lowest BCUT2D eigenvalue weighted by atomic mass is 10.1. The third-order valence-corrected chi connectivity index (χ3v) is 3.33. The molecule has 0 saturated carbocycles. The van der Waals surface area contributed by atoms with Gasteiger partial charge in [-0.2, -0.15) is 0 Å². The first-order chi connectivity index (χ1) is 7.24. The number of nitrogens with zero attached hydrogens (tertiary/aromatic N) is 2.